The van der Waals surface area contributed by atoms with Crippen molar-refractivity contribution in [2.45, 2.75) is 12.8 Å². The molecule has 26 heavy (non-hydrogen) atoms. The lowest BCUT2D eigenvalue weighted by Crippen LogP contribution is -2.53. The predicted octanol–water partition coefficient (Wildman–Crippen LogP) is -0.503. The number of ether oxygens (including phenoxy) is 1. The quantitative estimate of drug-likeness (QED) is 0.506. The first-order valence-corrected chi connectivity index (χ1v) is 11.5. The van der Waals surface area contributed by atoms with Crippen LogP contribution in [0.25, 0.3) is 0 Å². The molecule has 0 aromatic rings. The Morgan fingerprint density at radius 3 is 2.50 bits per heavy atom. The third kappa shape index (κ3) is 5.31. The molecule has 1 N–H and O–H groups in total. The van der Waals surface area contributed by atoms with Crippen LogP contribution in [0.5, 0.6) is 0 Å². The van der Waals surface area contributed by atoms with Gasteiger partial charge in [0, 0.05) is 66.0 Å². The molecule has 0 aliphatic carbocycles. The van der Waals surface area contributed by atoms with Crippen LogP contribution in [0, 0.1) is 11.8 Å². The molecular formula is C17H33N5O3S. The fourth-order valence-electron chi connectivity index (χ4n) is 4.07. The Morgan fingerprint density at radius 1 is 1.15 bits per heavy atom. The van der Waals surface area contributed by atoms with Crippen LogP contribution in [0.2, 0.25) is 0 Å². The molecule has 0 aromatic heterocycles. The van der Waals surface area contributed by atoms with E-state index in [4.69, 9.17) is 4.74 Å². The van der Waals surface area contributed by atoms with Gasteiger partial charge < -0.3 is 15.0 Å². The minimum Gasteiger partial charge on any atom is -0.381 e. The number of rotatable bonds is 5. The van der Waals surface area contributed by atoms with Gasteiger partial charge in [-0.25, -0.2) is 12.7 Å². The zero-order chi connectivity index (χ0) is 18.6. The van der Waals surface area contributed by atoms with Crippen molar-refractivity contribution in [1.29, 1.82) is 0 Å². The van der Waals surface area contributed by atoms with E-state index in [1.807, 2.05) is 7.05 Å². The van der Waals surface area contributed by atoms with E-state index in [0.717, 1.165) is 64.9 Å². The predicted molar refractivity (Wildman–Crippen MR) is 103 cm³/mol. The highest BCUT2D eigenvalue weighted by Crippen LogP contribution is 2.18. The highest BCUT2D eigenvalue weighted by Gasteiger charge is 2.29. The van der Waals surface area contributed by atoms with Gasteiger partial charge in [-0.2, -0.15) is 0 Å². The molecule has 3 heterocycles. The normalized spacial score (nSPS) is 29.5. The highest BCUT2D eigenvalue weighted by atomic mass is 32.2. The molecule has 0 saturated carbocycles. The van der Waals surface area contributed by atoms with E-state index < -0.39 is 10.0 Å². The molecule has 150 valence electrons. The lowest BCUT2D eigenvalue weighted by atomic mass is 10.1. The molecule has 0 amide bonds. The van der Waals surface area contributed by atoms with Crippen LogP contribution in [0.15, 0.2) is 4.99 Å². The second kappa shape index (κ2) is 8.86. The zero-order valence-electron chi connectivity index (χ0n) is 16.1. The van der Waals surface area contributed by atoms with Crippen molar-refractivity contribution in [2.24, 2.45) is 16.8 Å². The standard InChI is InChI=1S/C17H33N5O3S/c1-18-17(19-11-15-3-5-22(13-15)26(2,23)24)21-8-6-20(7-9-21)12-16-4-10-25-14-16/h15-16H,3-14H2,1-2H3,(H,18,19). The molecule has 0 aromatic carbocycles. The van der Waals surface area contributed by atoms with Gasteiger partial charge >= 0.3 is 0 Å². The van der Waals surface area contributed by atoms with Gasteiger partial charge in [-0.05, 0) is 24.7 Å². The first-order valence-electron chi connectivity index (χ1n) is 9.66. The molecule has 2 unspecified atom stereocenters. The van der Waals surface area contributed by atoms with Crippen LogP contribution in [-0.4, -0.2) is 107 Å². The second-order valence-corrected chi connectivity index (χ2v) is 9.70. The molecule has 3 aliphatic rings. The maximum Gasteiger partial charge on any atom is 0.211 e. The van der Waals surface area contributed by atoms with Gasteiger partial charge in [0.05, 0.1) is 12.9 Å². The monoisotopic (exact) mass is 387 g/mol. The van der Waals surface area contributed by atoms with E-state index in [-0.39, 0.29) is 0 Å². The molecule has 0 radical (unpaired) electrons. The second-order valence-electron chi connectivity index (χ2n) is 7.72. The third-order valence-corrected chi connectivity index (χ3v) is 6.96. The molecule has 0 bridgehead atoms. The number of nitrogens with one attached hydrogen (secondary N) is 1. The van der Waals surface area contributed by atoms with E-state index in [2.05, 4.69) is 20.1 Å². The number of piperazine rings is 1. The van der Waals surface area contributed by atoms with E-state index in [0.29, 0.717) is 24.9 Å². The number of nitrogens with zero attached hydrogens (tertiary/aromatic N) is 4. The molecule has 3 saturated heterocycles. The van der Waals surface area contributed by atoms with E-state index in [1.54, 1.807) is 4.31 Å². The van der Waals surface area contributed by atoms with Gasteiger partial charge in [0.15, 0.2) is 5.96 Å². The number of sulfonamides is 1. The average molecular weight is 388 g/mol. The van der Waals surface area contributed by atoms with Crippen molar-refractivity contribution in [3.8, 4) is 0 Å². The molecule has 3 fully saturated rings. The van der Waals surface area contributed by atoms with Crippen molar-refractivity contribution >= 4 is 16.0 Å². The minimum atomic E-state index is -3.07. The largest absolute Gasteiger partial charge is 0.381 e. The van der Waals surface area contributed by atoms with Crippen molar-refractivity contribution in [2.75, 3.05) is 78.9 Å². The van der Waals surface area contributed by atoms with Crippen LogP contribution in [0.3, 0.4) is 0 Å². The molecule has 0 spiro atoms. The number of aliphatic imine (C=N–C) groups is 1. The Balaban J connectivity index is 1.39. The maximum atomic E-state index is 11.6. The summed E-state index contributed by atoms with van der Waals surface area (Å²) in [4.78, 5) is 9.27. The Labute approximate surface area is 157 Å². The lowest BCUT2D eigenvalue weighted by molar-refractivity contribution is 0.139. The van der Waals surface area contributed by atoms with Crippen molar-refractivity contribution in [3.63, 3.8) is 0 Å². The Morgan fingerprint density at radius 2 is 1.92 bits per heavy atom. The summed E-state index contributed by atoms with van der Waals surface area (Å²) in [5.41, 5.74) is 0. The highest BCUT2D eigenvalue weighted by molar-refractivity contribution is 7.88. The number of hydrogen-bond acceptors (Lipinski definition) is 5. The molecule has 3 rings (SSSR count). The van der Waals surface area contributed by atoms with E-state index in [1.165, 1.54) is 12.7 Å². The number of hydrogen-bond donors (Lipinski definition) is 1. The molecule has 2 atom stereocenters. The topological polar surface area (TPSA) is 77.5 Å². The molecule has 9 heteroatoms. The molecular weight excluding hydrogens is 354 g/mol. The number of guanidine groups is 1. The Hall–Kier alpha value is -0.900. The zero-order valence-corrected chi connectivity index (χ0v) is 16.9. The van der Waals surface area contributed by atoms with Gasteiger partial charge in [-0.15, -0.1) is 0 Å². The van der Waals surface area contributed by atoms with Crippen LogP contribution in [0.1, 0.15) is 12.8 Å². The minimum absolute atomic E-state index is 0.352. The van der Waals surface area contributed by atoms with E-state index >= 15 is 0 Å². The van der Waals surface area contributed by atoms with Gasteiger partial charge in [0.25, 0.3) is 0 Å². The van der Waals surface area contributed by atoms with Crippen molar-refractivity contribution < 1.29 is 13.2 Å². The summed E-state index contributed by atoms with van der Waals surface area (Å²) in [6.07, 6.45) is 3.39. The van der Waals surface area contributed by atoms with Crippen LogP contribution >= 0.6 is 0 Å². The molecule has 8 nitrogen and oxygen atoms in total. The Kier molecular flexibility index (Phi) is 6.76. The van der Waals surface area contributed by atoms with Crippen LogP contribution in [-0.2, 0) is 14.8 Å². The lowest BCUT2D eigenvalue weighted by Gasteiger charge is -2.37. The van der Waals surface area contributed by atoms with Crippen molar-refractivity contribution in [1.82, 2.24) is 19.4 Å². The van der Waals surface area contributed by atoms with Crippen LogP contribution in [0.4, 0.5) is 0 Å². The Bertz CT molecular complexity index is 583. The fourth-order valence-corrected chi connectivity index (χ4v) is 4.99. The van der Waals surface area contributed by atoms with Crippen molar-refractivity contribution in [3.05, 3.63) is 0 Å². The van der Waals surface area contributed by atoms with Gasteiger partial charge in [-0.1, -0.05) is 0 Å². The first kappa shape index (κ1) is 19.9. The summed E-state index contributed by atoms with van der Waals surface area (Å²) in [5, 5.41) is 3.46. The average Bonchev–Trinajstić information content (AvgIpc) is 3.28. The van der Waals surface area contributed by atoms with E-state index in [9.17, 15) is 8.42 Å². The summed E-state index contributed by atoms with van der Waals surface area (Å²) < 4.78 is 30.3. The SMILES string of the molecule is CN=C(NCC1CCN(S(C)(=O)=O)C1)N1CCN(CC2CCOC2)CC1. The summed E-state index contributed by atoms with van der Waals surface area (Å²) in [6.45, 7) is 9.06. The maximum absolute atomic E-state index is 11.6. The molecule has 3 aliphatic heterocycles. The first-order chi connectivity index (χ1) is 12.5. The smallest absolute Gasteiger partial charge is 0.211 e. The van der Waals surface area contributed by atoms with Crippen LogP contribution < -0.4 is 5.32 Å². The van der Waals surface area contributed by atoms with Gasteiger partial charge in [0.2, 0.25) is 10.0 Å². The summed E-state index contributed by atoms with van der Waals surface area (Å²) in [6, 6.07) is 0. The third-order valence-electron chi connectivity index (χ3n) is 5.69. The summed E-state index contributed by atoms with van der Waals surface area (Å²) in [5.74, 6) is 1.98. The van der Waals surface area contributed by atoms with Gasteiger partial charge in [-0.3, -0.25) is 9.89 Å². The fraction of sp³-hybridized carbons (Fsp3) is 0.941. The van der Waals surface area contributed by atoms with Gasteiger partial charge in [0.1, 0.15) is 0 Å². The summed E-state index contributed by atoms with van der Waals surface area (Å²) in [7, 11) is -1.24. The summed E-state index contributed by atoms with van der Waals surface area (Å²) >= 11 is 0.